The minimum atomic E-state index is -0.241. The van der Waals surface area contributed by atoms with Gasteiger partial charge in [-0.15, -0.1) is 0 Å². The van der Waals surface area contributed by atoms with Crippen LogP contribution >= 0.6 is 0 Å². The molecule has 0 aliphatic carbocycles. The van der Waals surface area contributed by atoms with Crippen molar-refractivity contribution in [3.05, 3.63) is 53.3 Å². The zero-order valence-corrected chi connectivity index (χ0v) is 13.1. The molecular formula is C17H18N4O3. The summed E-state index contributed by atoms with van der Waals surface area (Å²) >= 11 is 0. The Kier molecular flexibility index (Phi) is 3.78. The molecule has 0 radical (unpaired) electrons. The number of fused-ring (bicyclic) bond motifs is 1. The molecule has 24 heavy (non-hydrogen) atoms. The summed E-state index contributed by atoms with van der Waals surface area (Å²) in [5.41, 5.74) is 1.76. The Morgan fingerprint density at radius 3 is 2.92 bits per heavy atom. The van der Waals surface area contributed by atoms with E-state index in [-0.39, 0.29) is 17.9 Å². The minimum Gasteiger partial charge on any atom is -0.370 e. The van der Waals surface area contributed by atoms with Gasteiger partial charge in [-0.3, -0.25) is 14.3 Å². The Hall–Kier alpha value is -2.67. The van der Waals surface area contributed by atoms with E-state index >= 15 is 0 Å². The third-order valence-corrected chi connectivity index (χ3v) is 4.42. The summed E-state index contributed by atoms with van der Waals surface area (Å²) < 4.78 is 7.40. The van der Waals surface area contributed by atoms with E-state index in [0.717, 1.165) is 5.56 Å². The quantitative estimate of drug-likeness (QED) is 0.887. The number of carbonyl (C=O) groups is 2. The fraction of sp³-hybridized carbons (Fsp3) is 0.353. The van der Waals surface area contributed by atoms with E-state index < -0.39 is 0 Å². The van der Waals surface area contributed by atoms with Gasteiger partial charge >= 0.3 is 0 Å². The van der Waals surface area contributed by atoms with Crippen molar-refractivity contribution in [1.29, 1.82) is 0 Å². The SMILES string of the molecule is O=C1NCCn2ncc(C(=O)N3CCOC(c4ccccc4)C3)c21. The maximum Gasteiger partial charge on any atom is 0.270 e. The van der Waals surface area contributed by atoms with E-state index in [4.69, 9.17) is 4.74 Å². The lowest BCUT2D eigenvalue weighted by atomic mass is 10.1. The van der Waals surface area contributed by atoms with Crippen molar-refractivity contribution in [3.63, 3.8) is 0 Å². The highest BCUT2D eigenvalue weighted by Crippen LogP contribution is 2.24. The number of rotatable bonds is 2. The molecule has 1 unspecified atom stereocenters. The Labute approximate surface area is 139 Å². The molecule has 2 aromatic rings. The predicted molar refractivity (Wildman–Crippen MR) is 85.6 cm³/mol. The predicted octanol–water partition coefficient (Wildman–Crippen LogP) is 0.840. The van der Waals surface area contributed by atoms with Gasteiger partial charge in [0.25, 0.3) is 11.8 Å². The number of ether oxygens (including phenoxy) is 1. The first-order valence-electron chi connectivity index (χ1n) is 8.04. The van der Waals surface area contributed by atoms with E-state index in [1.807, 2.05) is 30.3 Å². The summed E-state index contributed by atoms with van der Waals surface area (Å²) in [6, 6.07) is 9.85. The first kappa shape index (κ1) is 14.9. The van der Waals surface area contributed by atoms with Crippen LogP contribution in [-0.4, -0.2) is 52.7 Å². The fourth-order valence-electron chi connectivity index (χ4n) is 3.18. The lowest BCUT2D eigenvalue weighted by Crippen LogP contribution is -2.43. The molecule has 1 aromatic heterocycles. The van der Waals surface area contributed by atoms with Gasteiger partial charge in [0, 0.05) is 13.1 Å². The van der Waals surface area contributed by atoms with E-state index in [0.29, 0.717) is 44.0 Å². The number of hydrogen-bond acceptors (Lipinski definition) is 4. The molecule has 124 valence electrons. The second-order valence-electron chi connectivity index (χ2n) is 5.91. The molecule has 0 saturated carbocycles. The van der Waals surface area contributed by atoms with Crippen molar-refractivity contribution >= 4 is 11.8 Å². The third-order valence-electron chi connectivity index (χ3n) is 4.42. The van der Waals surface area contributed by atoms with Crippen LogP contribution in [-0.2, 0) is 11.3 Å². The normalized spacial score (nSPS) is 20.4. The van der Waals surface area contributed by atoms with Crippen molar-refractivity contribution in [2.45, 2.75) is 12.6 Å². The second kappa shape index (κ2) is 6.09. The van der Waals surface area contributed by atoms with Crippen LogP contribution in [0.2, 0.25) is 0 Å². The van der Waals surface area contributed by atoms with Crippen molar-refractivity contribution in [2.24, 2.45) is 0 Å². The molecule has 0 spiro atoms. The van der Waals surface area contributed by atoms with Crippen LogP contribution < -0.4 is 5.32 Å². The Bertz CT molecular complexity index is 771. The van der Waals surface area contributed by atoms with Gasteiger partial charge in [0.1, 0.15) is 11.8 Å². The first-order chi connectivity index (χ1) is 11.7. The largest absolute Gasteiger partial charge is 0.370 e. The standard InChI is InChI=1S/C17H18N4O3/c22-16-15-13(10-19-21(15)7-6-18-16)17(23)20-8-9-24-14(11-20)12-4-2-1-3-5-12/h1-5,10,14H,6-9,11H2,(H,18,22). The van der Waals surface area contributed by atoms with E-state index in [2.05, 4.69) is 10.4 Å². The van der Waals surface area contributed by atoms with Crippen LogP contribution in [0, 0.1) is 0 Å². The van der Waals surface area contributed by atoms with Gasteiger partial charge in [-0.2, -0.15) is 5.10 Å². The molecule has 2 aliphatic rings. The summed E-state index contributed by atoms with van der Waals surface area (Å²) in [4.78, 5) is 26.7. The number of aromatic nitrogens is 2. The van der Waals surface area contributed by atoms with Gasteiger partial charge in [0.2, 0.25) is 0 Å². The van der Waals surface area contributed by atoms with Gasteiger partial charge in [-0.05, 0) is 5.56 Å². The summed E-state index contributed by atoms with van der Waals surface area (Å²) in [5.74, 6) is -0.410. The molecule has 4 rings (SSSR count). The molecule has 2 aliphatic heterocycles. The molecule has 1 atom stereocenters. The molecule has 1 N–H and O–H groups in total. The van der Waals surface area contributed by atoms with Gasteiger partial charge < -0.3 is 15.0 Å². The zero-order valence-electron chi connectivity index (χ0n) is 13.1. The number of hydrogen-bond donors (Lipinski definition) is 1. The average molecular weight is 326 g/mol. The Morgan fingerprint density at radius 2 is 2.08 bits per heavy atom. The second-order valence-corrected chi connectivity index (χ2v) is 5.91. The number of benzene rings is 1. The number of morpholine rings is 1. The van der Waals surface area contributed by atoms with Crippen LogP contribution in [0.15, 0.2) is 36.5 Å². The third kappa shape index (κ3) is 2.56. The summed E-state index contributed by atoms with van der Waals surface area (Å²) in [5, 5.41) is 6.94. The van der Waals surface area contributed by atoms with E-state index in [9.17, 15) is 9.59 Å². The van der Waals surface area contributed by atoms with Crippen molar-refractivity contribution in [3.8, 4) is 0 Å². The highest BCUT2D eigenvalue weighted by Gasteiger charge is 2.31. The first-order valence-corrected chi connectivity index (χ1v) is 8.04. The highest BCUT2D eigenvalue weighted by molar-refractivity contribution is 6.06. The summed E-state index contributed by atoms with van der Waals surface area (Å²) in [7, 11) is 0. The van der Waals surface area contributed by atoms with Crippen LogP contribution in [0.5, 0.6) is 0 Å². The topological polar surface area (TPSA) is 76.5 Å². The van der Waals surface area contributed by atoms with Crippen LogP contribution in [0.1, 0.15) is 32.5 Å². The maximum absolute atomic E-state index is 12.9. The fourth-order valence-corrected chi connectivity index (χ4v) is 3.18. The molecule has 7 heteroatoms. The van der Waals surface area contributed by atoms with Gasteiger partial charge in [0.15, 0.2) is 0 Å². The van der Waals surface area contributed by atoms with E-state index in [1.165, 1.54) is 6.20 Å². The average Bonchev–Trinajstić information content (AvgIpc) is 3.07. The maximum atomic E-state index is 12.9. The summed E-state index contributed by atoms with van der Waals surface area (Å²) in [6.07, 6.45) is 1.35. The molecule has 1 fully saturated rings. The molecule has 1 aromatic carbocycles. The van der Waals surface area contributed by atoms with Gasteiger partial charge in [-0.1, -0.05) is 30.3 Å². The highest BCUT2D eigenvalue weighted by atomic mass is 16.5. The monoisotopic (exact) mass is 326 g/mol. The number of amides is 2. The molecule has 1 saturated heterocycles. The number of nitrogens with one attached hydrogen (secondary N) is 1. The van der Waals surface area contributed by atoms with Crippen molar-refractivity contribution < 1.29 is 14.3 Å². The number of carbonyl (C=O) groups excluding carboxylic acids is 2. The molecule has 0 bridgehead atoms. The Balaban J connectivity index is 1.57. The lowest BCUT2D eigenvalue weighted by Gasteiger charge is -2.33. The smallest absolute Gasteiger partial charge is 0.270 e. The van der Waals surface area contributed by atoms with Crippen molar-refractivity contribution in [1.82, 2.24) is 20.0 Å². The van der Waals surface area contributed by atoms with Gasteiger partial charge in [0.05, 0.1) is 31.5 Å². The van der Waals surface area contributed by atoms with E-state index in [1.54, 1.807) is 9.58 Å². The molecular weight excluding hydrogens is 308 g/mol. The number of nitrogens with zero attached hydrogens (tertiary/aromatic N) is 3. The lowest BCUT2D eigenvalue weighted by molar-refractivity contribution is -0.0228. The van der Waals surface area contributed by atoms with Crippen LogP contribution in [0.3, 0.4) is 0 Å². The molecule has 3 heterocycles. The van der Waals surface area contributed by atoms with Crippen molar-refractivity contribution in [2.75, 3.05) is 26.2 Å². The van der Waals surface area contributed by atoms with Crippen LogP contribution in [0.25, 0.3) is 0 Å². The summed E-state index contributed by atoms with van der Waals surface area (Å²) in [6.45, 7) is 2.57. The van der Waals surface area contributed by atoms with Crippen LogP contribution in [0.4, 0.5) is 0 Å². The Morgan fingerprint density at radius 1 is 1.25 bits per heavy atom. The molecule has 7 nitrogen and oxygen atoms in total. The zero-order chi connectivity index (χ0) is 16.5. The van der Waals surface area contributed by atoms with Gasteiger partial charge in [-0.25, -0.2) is 0 Å². The minimum absolute atomic E-state index is 0.149. The molecule has 2 amide bonds.